The van der Waals surface area contributed by atoms with Gasteiger partial charge in [0.2, 0.25) is 0 Å². The van der Waals surface area contributed by atoms with E-state index in [1.807, 2.05) is 30.3 Å². The summed E-state index contributed by atoms with van der Waals surface area (Å²) < 4.78 is 12.7. The lowest BCUT2D eigenvalue weighted by Crippen LogP contribution is -2.12. The Balaban J connectivity index is 1.50. The van der Waals surface area contributed by atoms with Crippen molar-refractivity contribution in [1.82, 2.24) is 4.98 Å². The van der Waals surface area contributed by atoms with Crippen LogP contribution in [0.3, 0.4) is 0 Å². The number of halogens is 1. The molecule has 0 bridgehead atoms. The van der Waals surface area contributed by atoms with E-state index in [1.165, 1.54) is 11.3 Å². The highest BCUT2D eigenvalue weighted by Gasteiger charge is 2.09. The van der Waals surface area contributed by atoms with Crippen LogP contribution < -0.4 is 4.74 Å². The van der Waals surface area contributed by atoms with E-state index in [0.717, 1.165) is 20.4 Å². The predicted octanol–water partition coefficient (Wildman–Crippen LogP) is 4.29. The number of rotatable bonds is 5. The van der Waals surface area contributed by atoms with Crippen molar-refractivity contribution in [3.05, 3.63) is 58.0 Å². The average molecular weight is 378 g/mol. The number of hydrogen-bond acceptors (Lipinski definition) is 5. The fourth-order valence-corrected chi connectivity index (χ4v) is 2.87. The number of carbonyl (C=O) groups is 1. The third-order valence-corrected chi connectivity index (χ3v) is 4.29. The Kier molecular flexibility index (Phi) is 4.70. The van der Waals surface area contributed by atoms with Crippen LogP contribution in [0.4, 0.5) is 0 Å². The third kappa shape index (κ3) is 3.64. The molecule has 0 unspecified atom stereocenters. The van der Waals surface area contributed by atoms with Crippen LogP contribution in [0.5, 0.6) is 5.75 Å². The van der Waals surface area contributed by atoms with Crippen molar-refractivity contribution in [2.24, 2.45) is 0 Å². The fraction of sp³-hybridized carbons (Fsp3) is 0.125. The van der Waals surface area contributed by atoms with Crippen LogP contribution in [0.1, 0.15) is 10.4 Å². The molecule has 3 rings (SSSR count). The Morgan fingerprint density at radius 1 is 1.14 bits per heavy atom. The van der Waals surface area contributed by atoms with Crippen molar-refractivity contribution >= 4 is 43.5 Å². The Labute approximate surface area is 139 Å². The zero-order valence-corrected chi connectivity index (χ0v) is 13.9. The molecule has 0 saturated carbocycles. The SMILES string of the molecule is O=C(OCCOc1ccc(Br)cc1)c1ccc2ncsc2c1. The predicted molar refractivity (Wildman–Crippen MR) is 89.5 cm³/mol. The van der Waals surface area contributed by atoms with Gasteiger partial charge in [-0.25, -0.2) is 9.78 Å². The first-order valence-electron chi connectivity index (χ1n) is 6.61. The summed E-state index contributed by atoms with van der Waals surface area (Å²) in [5, 5.41) is 0. The number of carbonyl (C=O) groups excluding carboxylic acids is 1. The third-order valence-electron chi connectivity index (χ3n) is 2.97. The largest absolute Gasteiger partial charge is 0.490 e. The number of benzene rings is 2. The molecular weight excluding hydrogens is 366 g/mol. The van der Waals surface area contributed by atoms with Crippen LogP contribution in [0, 0.1) is 0 Å². The zero-order chi connectivity index (χ0) is 15.4. The Bertz CT molecular complexity index is 785. The number of ether oxygens (including phenoxy) is 2. The van der Waals surface area contributed by atoms with E-state index < -0.39 is 0 Å². The quantitative estimate of drug-likeness (QED) is 0.491. The number of fused-ring (bicyclic) bond motifs is 1. The number of esters is 1. The zero-order valence-electron chi connectivity index (χ0n) is 11.5. The maximum Gasteiger partial charge on any atom is 0.338 e. The molecular formula is C16H12BrNO3S. The van der Waals surface area contributed by atoms with E-state index in [4.69, 9.17) is 9.47 Å². The summed E-state index contributed by atoms with van der Waals surface area (Å²) in [6, 6.07) is 12.8. The highest BCUT2D eigenvalue weighted by atomic mass is 79.9. The first-order chi connectivity index (χ1) is 10.7. The van der Waals surface area contributed by atoms with Crippen LogP contribution in [0.15, 0.2) is 52.4 Å². The maximum absolute atomic E-state index is 12.0. The molecule has 112 valence electrons. The van der Waals surface area contributed by atoms with Crippen LogP contribution in [-0.4, -0.2) is 24.2 Å². The van der Waals surface area contributed by atoms with Crippen LogP contribution in [-0.2, 0) is 4.74 Å². The minimum Gasteiger partial charge on any atom is -0.490 e. The second kappa shape index (κ2) is 6.89. The van der Waals surface area contributed by atoms with Gasteiger partial charge in [0.05, 0.1) is 21.3 Å². The number of hydrogen-bond donors (Lipinski definition) is 0. The molecule has 1 aromatic heterocycles. The summed E-state index contributed by atoms with van der Waals surface area (Å²) in [5.74, 6) is 0.389. The number of thiazole rings is 1. The lowest BCUT2D eigenvalue weighted by molar-refractivity contribution is 0.0450. The molecule has 0 spiro atoms. The van der Waals surface area contributed by atoms with Gasteiger partial charge in [-0.15, -0.1) is 11.3 Å². The molecule has 0 saturated heterocycles. The smallest absolute Gasteiger partial charge is 0.338 e. The fourth-order valence-electron chi connectivity index (χ4n) is 1.89. The van der Waals surface area contributed by atoms with E-state index in [2.05, 4.69) is 20.9 Å². The summed E-state index contributed by atoms with van der Waals surface area (Å²) in [4.78, 5) is 16.1. The standard InChI is InChI=1S/C16H12BrNO3S/c17-12-2-4-13(5-3-12)20-7-8-21-16(19)11-1-6-14-15(9-11)22-10-18-14/h1-6,9-10H,7-8H2. The molecule has 0 aliphatic heterocycles. The molecule has 3 aromatic rings. The Morgan fingerprint density at radius 2 is 1.95 bits per heavy atom. The molecule has 0 amide bonds. The Hall–Kier alpha value is -1.92. The second-order valence-corrected chi connectivity index (χ2v) is 6.28. The van der Waals surface area contributed by atoms with E-state index >= 15 is 0 Å². The van der Waals surface area contributed by atoms with Crippen molar-refractivity contribution in [3.63, 3.8) is 0 Å². The van der Waals surface area contributed by atoms with Gasteiger partial charge in [-0.3, -0.25) is 0 Å². The molecule has 0 aliphatic rings. The van der Waals surface area contributed by atoms with Gasteiger partial charge in [0.15, 0.2) is 0 Å². The first-order valence-corrected chi connectivity index (χ1v) is 8.28. The monoisotopic (exact) mass is 377 g/mol. The summed E-state index contributed by atoms with van der Waals surface area (Å²) in [6.07, 6.45) is 0. The highest BCUT2D eigenvalue weighted by Crippen LogP contribution is 2.19. The van der Waals surface area contributed by atoms with Gasteiger partial charge in [0.25, 0.3) is 0 Å². The summed E-state index contributed by atoms with van der Waals surface area (Å²) in [6.45, 7) is 0.520. The van der Waals surface area contributed by atoms with E-state index in [-0.39, 0.29) is 12.6 Å². The van der Waals surface area contributed by atoms with Gasteiger partial charge in [0, 0.05) is 4.47 Å². The molecule has 4 nitrogen and oxygen atoms in total. The number of aromatic nitrogens is 1. The molecule has 2 aromatic carbocycles. The molecule has 22 heavy (non-hydrogen) atoms. The Morgan fingerprint density at radius 3 is 2.77 bits per heavy atom. The van der Waals surface area contributed by atoms with Gasteiger partial charge in [-0.1, -0.05) is 15.9 Å². The molecule has 0 fully saturated rings. The molecule has 0 radical (unpaired) electrons. The first kappa shape index (κ1) is 15.0. The number of nitrogens with zero attached hydrogens (tertiary/aromatic N) is 1. The highest BCUT2D eigenvalue weighted by molar-refractivity contribution is 9.10. The van der Waals surface area contributed by atoms with E-state index in [0.29, 0.717) is 12.2 Å². The second-order valence-electron chi connectivity index (χ2n) is 4.47. The summed E-state index contributed by atoms with van der Waals surface area (Å²) >= 11 is 4.86. The molecule has 0 N–H and O–H groups in total. The lowest BCUT2D eigenvalue weighted by Gasteiger charge is -2.07. The van der Waals surface area contributed by atoms with Crippen molar-refractivity contribution in [2.75, 3.05) is 13.2 Å². The van der Waals surface area contributed by atoms with Crippen LogP contribution in [0.25, 0.3) is 10.2 Å². The van der Waals surface area contributed by atoms with Gasteiger partial charge >= 0.3 is 5.97 Å². The minimum absolute atomic E-state index is 0.204. The molecule has 0 atom stereocenters. The van der Waals surface area contributed by atoms with Gasteiger partial charge < -0.3 is 9.47 Å². The van der Waals surface area contributed by atoms with Gasteiger partial charge in [-0.05, 0) is 42.5 Å². The van der Waals surface area contributed by atoms with Crippen molar-refractivity contribution < 1.29 is 14.3 Å². The maximum atomic E-state index is 12.0. The van der Waals surface area contributed by atoms with E-state index in [1.54, 1.807) is 17.6 Å². The van der Waals surface area contributed by atoms with Gasteiger partial charge in [0.1, 0.15) is 19.0 Å². The van der Waals surface area contributed by atoms with Crippen molar-refractivity contribution in [3.8, 4) is 5.75 Å². The topological polar surface area (TPSA) is 48.4 Å². The summed E-state index contributed by atoms with van der Waals surface area (Å²) in [7, 11) is 0. The average Bonchev–Trinajstić information content (AvgIpc) is 3.00. The van der Waals surface area contributed by atoms with Crippen molar-refractivity contribution in [1.29, 1.82) is 0 Å². The minimum atomic E-state index is -0.352. The normalized spacial score (nSPS) is 10.6. The van der Waals surface area contributed by atoms with Gasteiger partial charge in [-0.2, -0.15) is 0 Å². The lowest BCUT2D eigenvalue weighted by atomic mass is 10.2. The van der Waals surface area contributed by atoms with Crippen LogP contribution >= 0.6 is 27.3 Å². The molecule has 1 heterocycles. The van der Waals surface area contributed by atoms with Crippen molar-refractivity contribution in [2.45, 2.75) is 0 Å². The summed E-state index contributed by atoms with van der Waals surface area (Å²) in [5.41, 5.74) is 3.17. The van der Waals surface area contributed by atoms with Crippen LogP contribution in [0.2, 0.25) is 0 Å². The van der Waals surface area contributed by atoms with E-state index in [9.17, 15) is 4.79 Å². The molecule has 0 aliphatic carbocycles. The molecule has 6 heteroatoms.